The molecular weight excluding hydrogens is 426 g/mol. The quantitative estimate of drug-likeness (QED) is 0.507. The predicted octanol–water partition coefficient (Wildman–Crippen LogP) is 6.14. The molecule has 2 atom stereocenters. The minimum atomic E-state index is -0.729. The van der Waals surface area contributed by atoms with Gasteiger partial charge in [-0.05, 0) is 53.8 Å². The summed E-state index contributed by atoms with van der Waals surface area (Å²) < 4.78 is 1.02. The summed E-state index contributed by atoms with van der Waals surface area (Å²) in [6, 6.07) is 26.6. The summed E-state index contributed by atoms with van der Waals surface area (Å²) in [7, 11) is 0. The SMILES string of the molecule is O=C(O)C1CCCCN1C(c1ccc(Br)cc1)c1ccc(-c2ccccc2)cc1. The Kier molecular flexibility index (Phi) is 6.12. The van der Waals surface area contributed by atoms with E-state index in [1.807, 2.05) is 30.3 Å². The molecular formula is C25H24BrNO2. The molecule has 1 fully saturated rings. The number of piperidine rings is 1. The smallest absolute Gasteiger partial charge is 0.320 e. The van der Waals surface area contributed by atoms with Gasteiger partial charge in [0.1, 0.15) is 6.04 Å². The summed E-state index contributed by atoms with van der Waals surface area (Å²) in [5.74, 6) is -0.729. The fourth-order valence-electron chi connectivity index (χ4n) is 4.24. The number of aliphatic carboxylic acids is 1. The van der Waals surface area contributed by atoms with E-state index in [4.69, 9.17) is 0 Å². The third-order valence-electron chi connectivity index (χ3n) is 5.68. The number of hydrogen-bond donors (Lipinski definition) is 1. The molecule has 0 bridgehead atoms. The molecule has 4 heteroatoms. The number of carbonyl (C=O) groups is 1. The molecule has 0 aliphatic carbocycles. The van der Waals surface area contributed by atoms with Crippen molar-refractivity contribution in [3.8, 4) is 11.1 Å². The normalized spacial score (nSPS) is 18.3. The Morgan fingerprint density at radius 3 is 2.07 bits per heavy atom. The topological polar surface area (TPSA) is 40.5 Å². The molecule has 1 aliphatic rings. The van der Waals surface area contributed by atoms with Gasteiger partial charge in [-0.25, -0.2) is 0 Å². The van der Waals surface area contributed by atoms with Crippen molar-refractivity contribution in [3.05, 3.63) is 94.5 Å². The van der Waals surface area contributed by atoms with Gasteiger partial charge in [0.15, 0.2) is 0 Å². The van der Waals surface area contributed by atoms with Gasteiger partial charge in [0, 0.05) is 4.47 Å². The monoisotopic (exact) mass is 449 g/mol. The molecule has 29 heavy (non-hydrogen) atoms. The molecule has 148 valence electrons. The number of nitrogens with zero attached hydrogens (tertiary/aromatic N) is 1. The van der Waals surface area contributed by atoms with Gasteiger partial charge in [0.25, 0.3) is 0 Å². The highest BCUT2D eigenvalue weighted by molar-refractivity contribution is 9.10. The van der Waals surface area contributed by atoms with Crippen LogP contribution in [-0.2, 0) is 4.79 Å². The van der Waals surface area contributed by atoms with Crippen LogP contribution in [-0.4, -0.2) is 28.6 Å². The Morgan fingerprint density at radius 1 is 0.862 bits per heavy atom. The van der Waals surface area contributed by atoms with Crippen LogP contribution in [0.3, 0.4) is 0 Å². The first-order chi connectivity index (χ1) is 14.1. The van der Waals surface area contributed by atoms with E-state index in [1.54, 1.807) is 0 Å². The minimum absolute atomic E-state index is 0.0747. The maximum absolute atomic E-state index is 12.0. The lowest BCUT2D eigenvalue weighted by Gasteiger charge is -2.39. The molecule has 3 aromatic carbocycles. The summed E-state index contributed by atoms with van der Waals surface area (Å²) in [5.41, 5.74) is 4.59. The van der Waals surface area contributed by atoms with Crippen LogP contribution in [0.1, 0.15) is 36.4 Å². The van der Waals surface area contributed by atoms with Crippen LogP contribution in [0, 0.1) is 0 Å². The van der Waals surface area contributed by atoms with Gasteiger partial charge in [-0.3, -0.25) is 9.69 Å². The average Bonchev–Trinajstić information content (AvgIpc) is 2.77. The van der Waals surface area contributed by atoms with Crippen LogP contribution in [0.2, 0.25) is 0 Å². The van der Waals surface area contributed by atoms with Gasteiger partial charge >= 0.3 is 5.97 Å². The van der Waals surface area contributed by atoms with Crippen molar-refractivity contribution >= 4 is 21.9 Å². The zero-order valence-electron chi connectivity index (χ0n) is 16.2. The van der Waals surface area contributed by atoms with Crippen molar-refractivity contribution in [2.75, 3.05) is 6.54 Å². The van der Waals surface area contributed by atoms with Crippen molar-refractivity contribution in [1.29, 1.82) is 0 Å². The third-order valence-corrected chi connectivity index (χ3v) is 6.21. The summed E-state index contributed by atoms with van der Waals surface area (Å²) >= 11 is 3.51. The molecule has 0 aromatic heterocycles. The summed E-state index contributed by atoms with van der Waals surface area (Å²) in [5, 5.41) is 9.84. The second kappa shape index (κ2) is 8.93. The van der Waals surface area contributed by atoms with Gasteiger partial charge in [0.05, 0.1) is 6.04 Å². The van der Waals surface area contributed by atoms with Crippen LogP contribution in [0.5, 0.6) is 0 Å². The van der Waals surface area contributed by atoms with Crippen molar-refractivity contribution in [2.24, 2.45) is 0 Å². The number of carboxylic acids is 1. The van der Waals surface area contributed by atoms with Gasteiger partial charge in [0.2, 0.25) is 0 Å². The highest BCUT2D eigenvalue weighted by Gasteiger charge is 2.35. The molecule has 1 saturated heterocycles. The van der Waals surface area contributed by atoms with E-state index in [2.05, 4.69) is 69.4 Å². The number of likely N-dealkylation sites (tertiary alicyclic amines) is 1. The molecule has 0 spiro atoms. The average molecular weight is 450 g/mol. The molecule has 1 N–H and O–H groups in total. The van der Waals surface area contributed by atoms with Crippen LogP contribution in [0.15, 0.2) is 83.3 Å². The number of rotatable bonds is 5. The highest BCUT2D eigenvalue weighted by atomic mass is 79.9. The Bertz CT molecular complexity index is 954. The van der Waals surface area contributed by atoms with E-state index in [0.717, 1.165) is 40.5 Å². The van der Waals surface area contributed by atoms with Crippen molar-refractivity contribution in [3.63, 3.8) is 0 Å². The molecule has 2 unspecified atom stereocenters. The maximum atomic E-state index is 12.0. The third kappa shape index (κ3) is 4.44. The first-order valence-corrected chi connectivity index (χ1v) is 10.8. The van der Waals surface area contributed by atoms with Gasteiger partial charge in [-0.1, -0.05) is 89.1 Å². The van der Waals surface area contributed by atoms with Gasteiger partial charge in [-0.2, -0.15) is 0 Å². The van der Waals surface area contributed by atoms with E-state index in [1.165, 1.54) is 5.56 Å². The van der Waals surface area contributed by atoms with Gasteiger partial charge < -0.3 is 5.11 Å². The molecule has 0 radical (unpaired) electrons. The van der Waals surface area contributed by atoms with Crippen LogP contribution in [0.4, 0.5) is 0 Å². The molecule has 0 saturated carbocycles. The molecule has 4 rings (SSSR count). The van der Waals surface area contributed by atoms with Crippen molar-refractivity contribution in [2.45, 2.75) is 31.3 Å². The first kappa shape index (κ1) is 19.9. The fourth-order valence-corrected chi connectivity index (χ4v) is 4.50. The number of hydrogen-bond acceptors (Lipinski definition) is 2. The minimum Gasteiger partial charge on any atom is -0.480 e. The van der Waals surface area contributed by atoms with E-state index in [-0.39, 0.29) is 6.04 Å². The van der Waals surface area contributed by atoms with Crippen LogP contribution in [0.25, 0.3) is 11.1 Å². The number of carboxylic acid groups (broad SMARTS) is 1. The lowest BCUT2D eigenvalue weighted by Crippen LogP contribution is -2.46. The Hall–Kier alpha value is -2.43. The van der Waals surface area contributed by atoms with Crippen molar-refractivity contribution in [1.82, 2.24) is 4.90 Å². The molecule has 1 heterocycles. The lowest BCUT2D eigenvalue weighted by molar-refractivity contribution is -0.145. The van der Waals surface area contributed by atoms with E-state index in [0.29, 0.717) is 6.42 Å². The summed E-state index contributed by atoms with van der Waals surface area (Å²) in [6.07, 6.45) is 2.69. The Morgan fingerprint density at radius 2 is 1.45 bits per heavy atom. The fraction of sp³-hybridized carbons (Fsp3) is 0.240. The van der Waals surface area contributed by atoms with Crippen LogP contribution < -0.4 is 0 Å². The number of halogens is 1. The second-order valence-corrected chi connectivity index (χ2v) is 8.45. The Balaban J connectivity index is 1.74. The maximum Gasteiger partial charge on any atom is 0.320 e. The Labute approximate surface area is 180 Å². The second-order valence-electron chi connectivity index (χ2n) is 7.53. The lowest BCUT2D eigenvalue weighted by atomic mass is 9.91. The van der Waals surface area contributed by atoms with E-state index < -0.39 is 12.0 Å². The molecule has 0 amide bonds. The largest absolute Gasteiger partial charge is 0.480 e. The zero-order valence-corrected chi connectivity index (χ0v) is 17.8. The standard InChI is InChI=1S/C25H24BrNO2/c26-22-15-13-21(14-16-22)24(27-17-5-4-8-23(27)25(28)29)20-11-9-19(10-12-20)18-6-2-1-3-7-18/h1-3,6-7,9-16,23-24H,4-5,8,17H2,(H,28,29). The van der Waals surface area contributed by atoms with Crippen LogP contribution >= 0.6 is 15.9 Å². The first-order valence-electron chi connectivity index (χ1n) is 10.0. The van der Waals surface area contributed by atoms with E-state index in [9.17, 15) is 9.90 Å². The zero-order chi connectivity index (χ0) is 20.2. The summed E-state index contributed by atoms with van der Waals surface area (Å²) in [6.45, 7) is 0.790. The van der Waals surface area contributed by atoms with Crippen molar-refractivity contribution < 1.29 is 9.90 Å². The molecule has 1 aliphatic heterocycles. The molecule has 3 nitrogen and oxygen atoms in total. The van der Waals surface area contributed by atoms with E-state index >= 15 is 0 Å². The molecule has 3 aromatic rings. The highest BCUT2D eigenvalue weighted by Crippen LogP contribution is 2.35. The van der Waals surface area contributed by atoms with Gasteiger partial charge in [-0.15, -0.1) is 0 Å². The summed E-state index contributed by atoms with van der Waals surface area (Å²) in [4.78, 5) is 14.1. The number of benzene rings is 3. The predicted molar refractivity (Wildman–Crippen MR) is 120 cm³/mol.